The molecule has 12 heavy (non-hydrogen) atoms. The monoisotopic (exact) mass is 313 g/mol. The third-order valence-electron chi connectivity index (χ3n) is 2.34. The molecule has 0 saturated carbocycles. The molecule has 5 heteroatoms. The Bertz CT molecular complexity index is 223. The number of hydrogen-bond donors (Lipinski definition) is 0. The van der Waals surface area contributed by atoms with Gasteiger partial charge in [-0.3, -0.25) is 4.79 Å². The maximum Gasteiger partial charge on any atom is 0.230 e. The number of amides is 1. The molecule has 3 unspecified atom stereocenters. The van der Waals surface area contributed by atoms with Crippen LogP contribution < -0.4 is 0 Å². The Morgan fingerprint density at radius 1 is 1.58 bits per heavy atom. The predicted molar refractivity (Wildman–Crippen MR) is 57.7 cm³/mol. The van der Waals surface area contributed by atoms with Gasteiger partial charge in [0.2, 0.25) is 5.91 Å². The summed E-state index contributed by atoms with van der Waals surface area (Å²) in [6.45, 7) is 2.00. The van der Waals surface area contributed by atoms with Crippen LogP contribution in [-0.4, -0.2) is 31.7 Å². The van der Waals surface area contributed by atoms with E-state index in [4.69, 9.17) is 0 Å². The van der Waals surface area contributed by atoms with E-state index in [0.29, 0.717) is 10.2 Å². The average Bonchev–Trinajstić information content (AvgIpc) is 2.08. The molecule has 2 aliphatic rings. The summed E-state index contributed by atoms with van der Waals surface area (Å²) in [5, 5.41) is 0.413. The van der Waals surface area contributed by atoms with Crippen LogP contribution in [0.1, 0.15) is 6.92 Å². The van der Waals surface area contributed by atoms with Gasteiger partial charge in [0, 0.05) is 5.75 Å². The minimum Gasteiger partial charge on any atom is -0.316 e. The van der Waals surface area contributed by atoms with Gasteiger partial charge in [-0.15, -0.1) is 11.8 Å². The second-order valence-electron chi connectivity index (χ2n) is 3.15. The Balaban J connectivity index is 2.13. The van der Waals surface area contributed by atoms with Gasteiger partial charge in [0.15, 0.2) is 0 Å². The molecule has 0 aliphatic carbocycles. The van der Waals surface area contributed by atoms with Gasteiger partial charge in [0.1, 0.15) is 4.95 Å². The molecular formula is C7H9Br2NOS. The summed E-state index contributed by atoms with van der Waals surface area (Å²) >= 11 is 8.93. The molecule has 1 amide bonds. The van der Waals surface area contributed by atoms with Gasteiger partial charge in [-0.05, 0) is 0 Å². The summed E-state index contributed by atoms with van der Waals surface area (Å²) in [7, 11) is 0. The van der Waals surface area contributed by atoms with Gasteiger partial charge >= 0.3 is 0 Å². The van der Waals surface area contributed by atoms with E-state index in [2.05, 4.69) is 31.9 Å². The molecule has 2 nitrogen and oxygen atoms in total. The number of thioether (sulfide) groups is 1. The largest absolute Gasteiger partial charge is 0.316 e. The number of carbonyl (C=O) groups is 1. The van der Waals surface area contributed by atoms with Crippen molar-refractivity contribution in [2.45, 2.75) is 22.1 Å². The second kappa shape index (κ2) is 3.17. The van der Waals surface area contributed by atoms with Crippen LogP contribution >= 0.6 is 43.6 Å². The summed E-state index contributed by atoms with van der Waals surface area (Å²) < 4.78 is 0. The van der Waals surface area contributed by atoms with Crippen molar-refractivity contribution >= 4 is 49.5 Å². The van der Waals surface area contributed by atoms with E-state index in [1.165, 1.54) is 0 Å². The van der Waals surface area contributed by atoms with Crippen molar-refractivity contribution in [1.29, 1.82) is 0 Å². The summed E-state index contributed by atoms with van der Waals surface area (Å²) in [6, 6.07) is 0. The third kappa shape index (κ3) is 1.16. The van der Waals surface area contributed by atoms with Crippen LogP contribution in [0.4, 0.5) is 0 Å². The Morgan fingerprint density at radius 3 is 2.92 bits per heavy atom. The summed E-state index contributed by atoms with van der Waals surface area (Å²) in [6.07, 6.45) is 0. The Kier molecular flexibility index (Phi) is 2.47. The molecule has 4 atom stereocenters. The number of alkyl halides is 2. The molecule has 2 fully saturated rings. The SMILES string of the molecule is CC1C(=O)N2C(Br)C(Br)CS[C@@H]12. The lowest BCUT2D eigenvalue weighted by molar-refractivity contribution is -0.150. The number of rotatable bonds is 0. The molecule has 68 valence electrons. The van der Waals surface area contributed by atoms with Crippen LogP contribution in [0.3, 0.4) is 0 Å². The summed E-state index contributed by atoms with van der Waals surface area (Å²) in [5.41, 5.74) is 0. The molecule has 0 aromatic carbocycles. The molecule has 2 saturated heterocycles. The first-order valence-corrected chi connectivity index (χ1v) is 6.73. The topological polar surface area (TPSA) is 20.3 Å². The highest BCUT2D eigenvalue weighted by Crippen LogP contribution is 2.44. The quantitative estimate of drug-likeness (QED) is 0.387. The first-order valence-electron chi connectivity index (χ1n) is 3.85. The minimum absolute atomic E-state index is 0.187. The first kappa shape index (κ1) is 9.34. The zero-order chi connectivity index (χ0) is 8.88. The van der Waals surface area contributed by atoms with Gasteiger partial charge in [-0.1, -0.05) is 38.8 Å². The minimum atomic E-state index is 0.187. The number of fused-ring (bicyclic) bond motifs is 1. The molecule has 2 aliphatic heterocycles. The first-order chi connectivity index (χ1) is 5.63. The van der Waals surface area contributed by atoms with Crippen molar-refractivity contribution in [3.8, 4) is 0 Å². The van der Waals surface area contributed by atoms with Gasteiger partial charge in [-0.25, -0.2) is 0 Å². The standard InChI is InChI=1S/C7H9Br2NOS/c1-3-6(11)10-5(9)4(8)2-12-7(3)10/h3-5,7H,2H2,1H3/t3?,4?,5?,7-/m0/s1. The number of nitrogens with zero attached hydrogens (tertiary/aromatic N) is 1. The highest BCUT2D eigenvalue weighted by Gasteiger charge is 2.51. The van der Waals surface area contributed by atoms with E-state index in [-0.39, 0.29) is 16.8 Å². The Hall–Kier alpha value is 0.780. The molecule has 0 radical (unpaired) electrons. The predicted octanol–water partition coefficient (Wildman–Crippen LogP) is 2.02. The molecule has 0 spiro atoms. The van der Waals surface area contributed by atoms with Gasteiger partial charge in [0.05, 0.1) is 16.1 Å². The van der Waals surface area contributed by atoms with E-state index >= 15 is 0 Å². The van der Waals surface area contributed by atoms with Crippen molar-refractivity contribution < 1.29 is 4.79 Å². The fraction of sp³-hybridized carbons (Fsp3) is 0.857. The molecule has 2 heterocycles. The van der Waals surface area contributed by atoms with Crippen molar-refractivity contribution in [3.63, 3.8) is 0 Å². The van der Waals surface area contributed by atoms with E-state index in [0.717, 1.165) is 5.75 Å². The lowest BCUT2D eigenvalue weighted by Crippen LogP contribution is -2.65. The number of halogens is 2. The third-order valence-corrected chi connectivity index (χ3v) is 6.91. The van der Waals surface area contributed by atoms with Crippen molar-refractivity contribution in [3.05, 3.63) is 0 Å². The fourth-order valence-corrected chi connectivity index (χ4v) is 4.70. The molecule has 0 bridgehead atoms. The van der Waals surface area contributed by atoms with Crippen LogP contribution in [0, 0.1) is 5.92 Å². The molecular weight excluding hydrogens is 306 g/mol. The highest BCUT2D eigenvalue weighted by atomic mass is 79.9. The zero-order valence-electron chi connectivity index (χ0n) is 6.54. The normalized spacial score (nSPS) is 46.9. The zero-order valence-corrected chi connectivity index (χ0v) is 10.5. The van der Waals surface area contributed by atoms with E-state index < -0.39 is 0 Å². The van der Waals surface area contributed by atoms with Crippen LogP contribution in [0.15, 0.2) is 0 Å². The van der Waals surface area contributed by atoms with Gasteiger partial charge < -0.3 is 4.90 Å². The average molecular weight is 315 g/mol. The van der Waals surface area contributed by atoms with Crippen LogP contribution in [0.25, 0.3) is 0 Å². The molecule has 0 aromatic rings. The van der Waals surface area contributed by atoms with Crippen LogP contribution in [0.2, 0.25) is 0 Å². The van der Waals surface area contributed by atoms with Crippen molar-refractivity contribution in [2.75, 3.05) is 5.75 Å². The van der Waals surface area contributed by atoms with Crippen LogP contribution in [-0.2, 0) is 4.79 Å². The van der Waals surface area contributed by atoms with E-state index in [1.54, 1.807) is 0 Å². The van der Waals surface area contributed by atoms with Gasteiger partial charge in [0.25, 0.3) is 0 Å². The fourth-order valence-electron chi connectivity index (χ4n) is 1.57. The second-order valence-corrected chi connectivity index (χ2v) is 6.41. The number of hydrogen-bond acceptors (Lipinski definition) is 2. The Morgan fingerprint density at radius 2 is 2.25 bits per heavy atom. The van der Waals surface area contributed by atoms with Crippen molar-refractivity contribution in [1.82, 2.24) is 4.90 Å². The van der Waals surface area contributed by atoms with E-state index in [1.807, 2.05) is 23.6 Å². The van der Waals surface area contributed by atoms with Gasteiger partial charge in [-0.2, -0.15) is 0 Å². The maximum absolute atomic E-state index is 11.4. The van der Waals surface area contributed by atoms with Crippen LogP contribution in [0.5, 0.6) is 0 Å². The molecule has 0 N–H and O–H groups in total. The maximum atomic E-state index is 11.4. The molecule has 0 aromatic heterocycles. The lowest BCUT2D eigenvalue weighted by atomic mass is 10.0. The Labute approximate surface area is 92.7 Å². The number of β-lactam (4-membered cyclic amide) rings is 1. The summed E-state index contributed by atoms with van der Waals surface area (Å²) in [5.74, 6) is 1.57. The smallest absolute Gasteiger partial charge is 0.230 e. The lowest BCUT2D eigenvalue weighted by Gasteiger charge is -2.52. The molecule has 2 rings (SSSR count). The highest BCUT2D eigenvalue weighted by molar-refractivity contribution is 9.12. The summed E-state index contributed by atoms with van der Waals surface area (Å²) in [4.78, 5) is 13.9. The van der Waals surface area contributed by atoms with Crippen molar-refractivity contribution in [2.24, 2.45) is 5.92 Å². The van der Waals surface area contributed by atoms with E-state index in [9.17, 15) is 4.79 Å². The number of carbonyl (C=O) groups excluding carboxylic acids is 1.